The number of allylic oxidation sites excluding steroid dienone is 2. The van der Waals surface area contributed by atoms with E-state index in [1.807, 2.05) is 0 Å². The lowest BCUT2D eigenvalue weighted by Crippen LogP contribution is -2.22. The average molecular weight is 871 g/mol. The van der Waals surface area contributed by atoms with Crippen LogP contribution < -0.4 is 10.6 Å². The molecule has 0 aliphatic heterocycles. The minimum absolute atomic E-state index is 0.0434. The Morgan fingerprint density at radius 1 is 0.500 bits per heavy atom. The molecule has 0 saturated heterocycles. The van der Waals surface area contributed by atoms with Gasteiger partial charge in [0.2, 0.25) is 0 Å². The number of aliphatic imine (C=N–C) groups is 2. The van der Waals surface area contributed by atoms with Crippen LogP contribution in [0.1, 0.15) is 53.5 Å². The molecule has 2 atom stereocenters. The fourth-order valence-corrected chi connectivity index (χ4v) is 9.07. The standard InChI is InChI=1S/C35H26N4O15S4/c40-33(38-25-15-17-27(55(43,44)45)23-3-1-5-29(31(23)25)57(49,50)51)19-7-11-21(12-8-19)36-35(42)37-22-13-9-20(10-14-22)34(41)39-26-16-18-28(56(46,47)48)24-4-2-6-30(32(24)26)58(52,53)54/h1-18,27-28H,(H2,36,37,42)(H,43,44,45)(H,46,47,48)(H,49,50,51)(H,52,53,54). The molecule has 58 heavy (non-hydrogen) atoms. The number of urea groups is 1. The minimum Gasteiger partial charge on any atom is -0.308 e. The molecule has 0 aromatic heterocycles. The molecule has 4 aromatic rings. The Morgan fingerprint density at radius 2 is 0.845 bits per heavy atom. The van der Waals surface area contributed by atoms with Crippen molar-refractivity contribution in [2.45, 2.75) is 20.3 Å². The van der Waals surface area contributed by atoms with Gasteiger partial charge < -0.3 is 10.6 Å². The average Bonchev–Trinajstić information content (AvgIpc) is 3.13. The van der Waals surface area contributed by atoms with Gasteiger partial charge in [-0.15, -0.1) is 0 Å². The highest BCUT2D eigenvalue weighted by Crippen LogP contribution is 2.36. The smallest absolute Gasteiger partial charge is 0.308 e. The second-order valence-electron chi connectivity index (χ2n) is 12.3. The third kappa shape index (κ3) is 8.90. The lowest BCUT2D eigenvalue weighted by Gasteiger charge is -2.21. The number of amides is 4. The zero-order valence-electron chi connectivity index (χ0n) is 28.9. The largest absolute Gasteiger partial charge is 0.323 e. The molecular formula is C35H26N4O15S4. The van der Waals surface area contributed by atoms with Gasteiger partial charge in [-0.1, -0.05) is 36.4 Å². The van der Waals surface area contributed by atoms with E-state index in [0.29, 0.717) is 0 Å². The first-order valence-corrected chi connectivity index (χ1v) is 22.0. The van der Waals surface area contributed by atoms with Crippen molar-refractivity contribution in [2.24, 2.45) is 9.98 Å². The van der Waals surface area contributed by atoms with Crippen molar-refractivity contribution in [1.82, 2.24) is 0 Å². The maximum atomic E-state index is 13.1. The van der Waals surface area contributed by atoms with Gasteiger partial charge in [0.1, 0.15) is 20.3 Å². The Balaban J connectivity index is 1.15. The van der Waals surface area contributed by atoms with Crippen LogP contribution in [-0.4, -0.2) is 81.2 Å². The predicted molar refractivity (Wildman–Crippen MR) is 207 cm³/mol. The monoisotopic (exact) mass is 870 g/mol. The van der Waals surface area contributed by atoms with E-state index in [-0.39, 0.29) is 45.1 Å². The summed E-state index contributed by atoms with van der Waals surface area (Å²) in [7, 11) is -19.4. The summed E-state index contributed by atoms with van der Waals surface area (Å²) in [5.74, 6) is -1.83. The van der Waals surface area contributed by atoms with Gasteiger partial charge in [0, 0.05) is 33.6 Å². The summed E-state index contributed by atoms with van der Waals surface area (Å²) < 4.78 is 135. The van der Waals surface area contributed by atoms with Gasteiger partial charge in [0.15, 0.2) is 0 Å². The van der Waals surface area contributed by atoms with Crippen molar-refractivity contribution in [3.63, 3.8) is 0 Å². The molecular weight excluding hydrogens is 845 g/mol. The zero-order chi connectivity index (χ0) is 42.4. The normalized spacial score (nSPS) is 18.0. The number of rotatable bonds is 8. The zero-order valence-corrected chi connectivity index (χ0v) is 32.1. The number of carbonyl (C=O) groups excluding carboxylic acids is 3. The molecule has 23 heteroatoms. The van der Waals surface area contributed by atoms with Gasteiger partial charge in [-0.25, -0.2) is 14.8 Å². The molecule has 4 amide bonds. The first kappa shape index (κ1) is 41.6. The van der Waals surface area contributed by atoms with E-state index >= 15 is 0 Å². The van der Waals surface area contributed by atoms with Crippen molar-refractivity contribution >= 4 is 81.1 Å². The van der Waals surface area contributed by atoms with Crippen LogP contribution in [0.3, 0.4) is 0 Å². The number of nitrogens with one attached hydrogen (secondary N) is 2. The van der Waals surface area contributed by atoms with Gasteiger partial charge in [-0.3, -0.25) is 27.8 Å². The van der Waals surface area contributed by atoms with Crippen LogP contribution in [0.15, 0.2) is 129 Å². The Bertz CT molecular complexity index is 2790. The molecule has 2 aliphatic rings. The second kappa shape index (κ2) is 15.4. The van der Waals surface area contributed by atoms with Crippen molar-refractivity contribution < 1.29 is 66.3 Å². The van der Waals surface area contributed by atoms with Crippen LogP contribution in [0.4, 0.5) is 16.2 Å². The van der Waals surface area contributed by atoms with Gasteiger partial charge in [0.25, 0.3) is 52.3 Å². The summed E-state index contributed by atoms with van der Waals surface area (Å²) in [6.45, 7) is 0. The first-order chi connectivity index (χ1) is 27.0. The van der Waals surface area contributed by atoms with E-state index < -0.39 is 89.7 Å². The van der Waals surface area contributed by atoms with E-state index in [0.717, 1.165) is 48.6 Å². The van der Waals surface area contributed by atoms with Crippen LogP contribution in [0, 0.1) is 0 Å². The predicted octanol–water partition coefficient (Wildman–Crippen LogP) is 4.08. The molecule has 2 aliphatic carbocycles. The molecule has 4 aromatic carbocycles. The summed E-state index contributed by atoms with van der Waals surface area (Å²) >= 11 is 0. The van der Waals surface area contributed by atoms with E-state index in [1.165, 1.54) is 60.7 Å². The highest BCUT2D eigenvalue weighted by Gasteiger charge is 2.35. The lowest BCUT2D eigenvalue weighted by molar-refractivity contribution is 0.0994. The fourth-order valence-electron chi connectivity index (χ4n) is 6.02. The number of carbonyl (C=O) groups is 3. The molecule has 0 spiro atoms. The highest BCUT2D eigenvalue weighted by atomic mass is 32.2. The van der Waals surface area contributed by atoms with Gasteiger partial charge >= 0.3 is 6.03 Å². The molecule has 0 bridgehead atoms. The van der Waals surface area contributed by atoms with Crippen LogP contribution in [0.25, 0.3) is 0 Å². The third-order valence-corrected chi connectivity index (χ3v) is 12.4. The van der Waals surface area contributed by atoms with Crippen molar-refractivity contribution in [1.29, 1.82) is 0 Å². The molecule has 0 saturated carbocycles. The van der Waals surface area contributed by atoms with Crippen molar-refractivity contribution in [3.8, 4) is 0 Å². The number of anilines is 2. The van der Waals surface area contributed by atoms with E-state index in [4.69, 9.17) is 0 Å². The molecule has 0 heterocycles. The van der Waals surface area contributed by atoms with Crippen LogP contribution in [0.2, 0.25) is 0 Å². The molecule has 0 radical (unpaired) electrons. The third-order valence-electron chi connectivity index (χ3n) is 8.52. The number of nitrogens with zero attached hydrogens (tertiary/aromatic N) is 2. The van der Waals surface area contributed by atoms with E-state index in [9.17, 15) is 66.3 Å². The summed E-state index contributed by atoms with van der Waals surface area (Å²) in [5, 5.41) is 1.63. The number of hydrogen-bond donors (Lipinski definition) is 6. The SMILES string of the molecule is O=C(Nc1ccc(C(=O)N=C2C=CC(S(=O)(=O)O)c3cccc(S(=O)(=O)O)c32)cc1)Nc1ccc(C(=O)N=C2C=CC(S(=O)(=O)O)c3cccc(S(=O)(=O)O)c32)cc1. The van der Waals surface area contributed by atoms with Gasteiger partial charge in [0.05, 0.1) is 11.4 Å². The van der Waals surface area contributed by atoms with Crippen LogP contribution in [-0.2, 0) is 40.5 Å². The maximum absolute atomic E-state index is 13.1. The van der Waals surface area contributed by atoms with E-state index in [2.05, 4.69) is 20.6 Å². The van der Waals surface area contributed by atoms with Crippen molar-refractivity contribution in [2.75, 3.05) is 10.6 Å². The Hall–Kier alpha value is -6.05. The first-order valence-electron chi connectivity index (χ1n) is 16.1. The summed E-state index contributed by atoms with van der Waals surface area (Å²) in [4.78, 5) is 45.2. The Labute approximate surface area is 329 Å². The quantitative estimate of drug-likeness (QED) is 0.136. The van der Waals surface area contributed by atoms with Crippen LogP contribution >= 0.6 is 0 Å². The lowest BCUT2D eigenvalue weighted by atomic mass is 9.94. The molecule has 2 unspecified atom stereocenters. The number of benzene rings is 4. The Kier molecular flexibility index (Phi) is 11.0. The summed E-state index contributed by atoms with van der Waals surface area (Å²) in [6.07, 6.45) is 4.02. The second-order valence-corrected chi connectivity index (χ2v) is 18.2. The molecule has 19 nitrogen and oxygen atoms in total. The fraction of sp³-hybridized carbons (Fsp3) is 0.0571. The molecule has 0 fully saturated rings. The maximum Gasteiger partial charge on any atom is 0.323 e. The number of fused-ring (bicyclic) bond motifs is 2. The van der Waals surface area contributed by atoms with Crippen LogP contribution in [0.5, 0.6) is 0 Å². The topological polar surface area (TPSA) is 317 Å². The summed E-state index contributed by atoms with van der Waals surface area (Å²) in [6, 6.07) is 16.3. The molecule has 300 valence electrons. The highest BCUT2D eigenvalue weighted by molar-refractivity contribution is 7.87. The van der Waals surface area contributed by atoms with Gasteiger partial charge in [-0.05, 0) is 83.9 Å². The molecule has 6 rings (SSSR count). The summed E-state index contributed by atoms with van der Waals surface area (Å²) in [5.41, 5.74) is -1.62. The van der Waals surface area contributed by atoms with Gasteiger partial charge in [-0.2, -0.15) is 33.7 Å². The van der Waals surface area contributed by atoms with E-state index in [1.54, 1.807) is 0 Å². The minimum atomic E-state index is -4.93. The van der Waals surface area contributed by atoms with Crippen molar-refractivity contribution in [3.05, 3.63) is 143 Å². The number of hydrogen-bond acceptors (Lipinski definition) is 11. The Morgan fingerprint density at radius 3 is 1.16 bits per heavy atom. The molecule has 6 N–H and O–H groups in total.